The van der Waals surface area contributed by atoms with Crippen molar-refractivity contribution in [2.45, 2.75) is 25.7 Å². The molecule has 1 aliphatic heterocycles. The van der Waals surface area contributed by atoms with Gasteiger partial charge in [-0.3, -0.25) is 14.5 Å². The van der Waals surface area contributed by atoms with Gasteiger partial charge < -0.3 is 9.74 Å². The number of hydrogen-bond donors (Lipinski definition) is 2. The summed E-state index contributed by atoms with van der Waals surface area (Å²) in [5.41, 5.74) is 2.50. The molecule has 0 aliphatic carbocycles. The number of unbranched alkanes of at least 4 members (excludes halogenated alkanes) is 1. The normalized spacial score (nSPS) is 14.7. The number of piperazine rings is 1. The third-order valence-electron chi connectivity index (χ3n) is 4.36. The second kappa shape index (κ2) is 11.4. The zero-order valence-electron chi connectivity index (χ0n) is 15.5. The van der Waals surface area contributed by atoms with Crippen LogP contribution in [0.25, 0.3) is 0 Å². The number of hydrogen-bond acceptors (Lipinski definition) is 7. The molecule has 0 bridgehead atoms. The quantitative estimate of drug-likeness (QED) is 0.356. The minimum atomic E-state index is -2.44. The van der Waals surface area contributed by atoms with E-state index >= 15 is 0 Å². The molecule has 1 aliphatic rings. The molecule has 154 valence electrons. The molecule has 0 unspecified atom stereocenters. The zero-order chi connectivity index (χ0) is 20.4. The Morgan fingerprint density at radius 3 is 2.25 bits per heavy atom. The Hall–Kier alpha value is -2.46. The summed E-state index contributed by atoms with van der Waals surface area (Å²) in [5.74, 6) is -1.03. The second-order valence-electron chi connectivity index (χ2n) is 6.45. The van der Waals surface area contributed by atoms with Crippen molar-refractivity contribution in [1.29, 1.82) is 0 Å². The van der Waals surface area contributed by atoms with Crippen molar-refractivity contribution in [3.63, 3.8) is 0 Å². The van der Waals surface area contributed by atoms with Gasteiger partial charge in [0, 0.05) is 44.6 Å². The van der Waals surface area contributed by atoms with Crippen molar-refractivity contribution in [2.24, 2.45) is 0 Å². The largest absolute Gasteiger partial charge is 0.341 e. The summed E-state index contributed by atoms with van der Waals surface area (Å²) < 4.78 is 21.4. The first kappa shape index (κ1) is 21.8. The molecule has 1 aromatic rings. The highest BCUT2D eigenvalue weighted by molar-refractivity contribution is 7.72. The Labute approximate surface area is 165 Å². The van der Waals surface area contributed by atoms with Crippen LogP contribution < -0.4 is 5.48 Å². The average molecular weight is 411 g/mol. The van der Waals surface area contributed by atoms with Crippen LogP contribution in [0.15, 0.2) is 30.3 Å². The lowest BCUT2D eigenvalue weighted by Gasteiger charge is -2.33. The third-order valence-corrected chi connectivity index (χ3v) is 4.99. The van der Waals surface area contributed by atoms with E-state index in [0.29, 0.717) is 51.0 Å². The maximum absolute atomic E-state index is 12.2. The third kappa shape index (κ3) is 7.65. The van der Waals surface area contributed by atoms with Gasteiger partial charge in [0.05, 0.1) is 5.88 Å². The van der Waals surface area contributed by atoms with Gasteiger partial charge >= 0.3 is 5.97 Å². The van der Waals surface area contributed by atoms with E-state index in [-0.39, 0.29) is 18.2 Å². The number of amides is 2. The maximum Gasteiger partial charge on any atom is 0.332 e. The lowest BCUT2D eigenvalue weighted by molar-refractivity contribution is -0.149. The molecule has 0 radical (unpaired) electrons. The van der Waals surface area contributed by atoms with Crippen molar-refractivity contribution in [3.8, 4) is 0 Å². The first-order valence-electron chi connectivity index (χ1n) is 9.12. The van der Waals surface area contributed by atoms with E-state index in [1.807, 2.05) is 0 Å². The van der Waals surface area contributed by atoms with Crippen molar-refractivity contribution in [1.82, 2.24) is 15.3 Å². The molecule has 0 spiro atoms. The van der Waals surface area contributed by atoms with Crippen LogP contribution in [0.5, 0.6) is 0 Å². The Balaban J connectivity index is 1.56. The van der Waals surface area contributed by atoms with Crippen LogP contribution in [0.1, 0.15) is 36.0 Å². The van der Waals surface area contributed by atoms with Crippen molar-refractivity contribution in [2.75, 3.05) is 32.1 Å². The Morgan fingerprint density at radius 1 is 0.964 bits per heavy atom. The fraction of sp³-hybridized carbons (Fsp3) is 0.500. The summed E-state index contributed by atoms with van der Waals surface area (Å²) >= 11 is 0. The molecule has 2 rings (SSSR count). The Morgan fingerprint density at radius 2 is 1.61 bits per heavy atom. The molecule has 1 N–H and O–H groups in total. The number of thiol groups is 1. The van der Waals surface area contributed by atoms with Gasteiger partial charge in [-0.05, 0) is 25.0 Å². The smallest absolute Gasteiger partial charge is 0.332 e. The summed E-state index contributed by atoms with van der Waals surface area (Å²) in [6.07, 6.45) is 1.43. The van der Waals surface area contributed by atoms with Crippen LogP contribution in [-0.4, -0.2) is 68.1 Å². The van der Waals surface area contributed by atoms with Crippen molar-refractivity contribution < 1.29 is 27.6 Å². The molecule has 0 saturated carbocycles. The van der Waals surface area contributed by atoms with E-state index in [4.69, 9.17) is 4.84 Å². The van der Waals surface area contributed by atoms with Gasteiger partial charge in [0.2, 0.25) is 5.91 Å². The highest BCUT2D eigenvalue weighted by atomic mass is 32.2. The minimum Gasteiger partial charge on any atom is -0.341 e. The Bertz CT molecular complexity index is 737. The summed E-state index contributed by atoms with van der Waals surface area (Å²) in [6, 6.07) is 8.40. The van der Waals surface area contributed by atoms with Gasteiger partial charge in [-0.15, -0.1) is 0 Å². The monoisotopic (exact) mass is 411 g/mol. The van der Waals surface area contributed by atoms with E-state index in [2.05, 4.69) is 5.48 Å². The minimum absolute atomic E-state index is 0.00286. The fourth-order valence-corrected chi connectivity index (χ4v) is 3.42. The first-order chi connectivity index (χ1) is 13.5. The van der Waals surface area contributed by atoms with Crippen LogP contribution in [0, 0.1) is 0 Å². The van der Waals surface area contributed by atoms with Crippen LogP contribution in [0.4, 0.5) is 0 Å². The van der Waals surface area contributed by atoms with Gasteiger partial charge in [0.15, 0.2) is 10.7 Å². The van der Waals surface area contributed by atoms with Crippen LogP contribution in [0.3, 0.4) is 0 Å². The summed E-state index contributed by atoms with van der Waals surface area (Å²) in [4.78, 5) is 43.8. The van der Waals surface area contributed by atoms with E-state index in [1.165, 1.54) is 0 Å². The topological polar surface area (TPSA) is 113 Å². The number of rotatable bonds is 8. The fourth-order valence-electron chi connectivity index (χ4n) is 2.81. The Kier molecular flexibility index (Phi) is 8.89. The van der Waals surface area contributed by atoms with Gasteiger partial charge in [-0.2, -0.15) is 5.48 Å². The zero-order valence-corrected chi connectivity index (χ0v) is 16.4. The molecule has 9 nitrogen and oxygen atoms in total. The molecule has 10 heteroatoms. The molecule has 0 atom stereocenters. The highest BCUT2D eigenvalue weighted by Crippen LogP contribution is 2.08. The molecule has 1 saturated heterocycles. The number of nitrogens with zero attached hydrogens (tertiary/aromatic N) is 2. The molecular formula is C18H25N3O6S. The molecular weight excluding hydrogens is 386 g/mol. The van der Waals surface area contributed by atoms with Gasteiger partial charge in [0.1, 0.15) is 0 Å². The predicted octanol–water partition coefficient (Wildman–Crippen LogP) is 0.148. The van der Waals surface area contributed by atoms with Crippen LogP contribution >= 0.6 is 0 Å². The summed E-state index contributed by atoms with van der Waals surface area (Å²) in [6.45, 7) is 2.11. The van der Waals surface area contributed by atoms with Crippen LogP contribution in [-0.2, 0) is 25.1 Å². The molecule has 1 fully saturated rings. The summed E-state index contributed by atoms with van der Waals surface area (Å²) in [5, 5.41) is 0. The molecule has 1 aromatic carbocycles. The van der Waals surface area contributed by atoms with Gasteiger partial charge in [-0.1, -0.05) is 18.2 Å². The van der Waals surface area contributed by atoms with Crippen LogP contribution in [0.2, 0.25) is 0 Å². The average Bonchev–Trinajstić information content (AvgIpc) is 2.70. The molecule has 28 heavy (non-hydrogen) atoms. The van der Waals surface area contributed by atoms with E-state index in [0.717, 1.165) is 0 Å². The summed E-state index contributed by atoms with van der Waals surface area (Å²) in [7, 11) is -2.44. The number of carbonyl (C=O) groups is 3. The predicted molar refractivity (Wildman–Crippen MR) is 102 cm³/mol. The van der Waals surface area contributed by atoms with E-state index in [9.17, 15) is 22.8 Å². The highest BCUT2D eigenvalue weighted by Gasteiger charge is 2.21. The molecule has 1 heterocycles. The van der Waals surface area contributed by atoms with E-state index in [1.54, 1.807) is 40.1 Å². The van der Waals surface area contributed by atoms with E-state index < -0.39 is 22.6 Å². The van der Waals surface area contributed by atoms with Gasteiger partial charge in [-0.25, -0.2) is 13.2 Å². The second-order valence-corrected chi connectivity index (χ2v) is 7.40. The number of hydroxylamine groups is 1. The SMILES string of the molecule is O=C(CCCCC(=O)N1CCN(C[SH](=O)=O)CC1)ONC(=O)c1ccccc1. The number of nitrogens with one attached hydrogen (secondary N) is 1. The van der Waals surface area contributed by atoms with Crippen molar-refractivity contribution in [3.05, 3.63) is 35.9 Å². The van der Waals surface area contributed by atoms with Crippen molar-refractivity contribution >= 4 is 28.5 Å². The molecule has 0 aromatic heterocycles. The lowest BCUT2D eigenvalue weighted by Crippen LogP contribution is -2.48. The van der Waals surface area contributed by atoms with Gasteiger partial charge in [0.25, 0.3) is 5.91 Å². The lowest BCUT2D eigenvalue weighted by atomic mass is 10.1. The molecule has 2 amide bonds. The maximum atomic E-state index is 12.2. The first-order valence-corrected chi connectivity index (χ1v) is 10.5. The standard InChI is InChI=1S/C18H25N3O6S/c22-16(21-12-10-20(11-13-21)14-28(25)26)8-4-5-9-17(23)27-19-18(24)15-6-2-1-3-7-15/h1-3,6-7,28H,4-5,8-14H2,(H,19,24). The number of benzene rings is 1. The number of carbonyl (C=O) groups excluding carboxylic acids is 3.